The minimum absolute atomic E-state index is 0.0702. The fourth-order valence-electron chi connectivity index (χ4n) is 4.87. The van der Waals surface area contributed by atoms with Crippen LogP contribution in [-0.4, -0.2) is 60.9 Å². The third-order valence-electron chi connectivity index (χ3n) is 6.37. The molecule has 2 saturated heterocycles. The van der Waals surface area contributed by atoms with Gasteiger partial charge in [0.05, 0.1) is 19.4 Å². The summed E-state index contributed by atoms with van der Waals surface area (Å²) < 4.78 is 5.25. The first-order valence-corrected chi connectivity index (χ1v) is 11.3. The average Bonchev–Trinajstić information content (AvgIpc) is 3.33. The van der Waals surface area contributed by atoms with E-state index in [9.17, 15) is 4.79 Å². The Labute approximate surface area is 184 Å². The van der Waals surface area contributed by atoms with E-state index in [1.165, 1.54) is 24.9 Å². The highest BCUT2D eigenvalue weighted by Gasteiger charge is 2.36. The van der Waals surface area contributed by atoms with Crippen molar-refractivity contribution in [1.82, 2.24) is 20.4 Å². The van der Waals surface area contributed by atoms with Gasteiger partial charge in [-0.2, -0.15) is 0 Å². The third-order valence-corrected chi connectivity index (χ3v) is 6.37. The highest BCUT2D eigenvalue weighted by atomic mass is 16.3. The molecule has 2 N–H and O–H groups in total. The van der Waals surface area contributed by atoms with Crippen LogP contribution in [-0.2, 0) is 17.9 Å². The molecule has 4 rings (SSSR count). The molecule has 0 radical (unpaired) electrons. The molecule has 1 aromatic carbocycles. The predicted molar refractivity (Wildman–Crippen MR) is 121 cm³/mol. The van der Waals surface area contributed by atoms with E-state index in [4.69, 9.17) is 4.42 Å². The Morgan fingerprint density at radius 3 is 2.77 bits per heavy atom. The molecular formula is C24H33N5O2. The second-order valence-corrected chi connectivity index (χ2v) is 8.42. The van der Waals surface area contributed by atoms with Crippen LogP contribution in [0.5, 0.6) is 0 Å². The van der Waals surface area contributed by atoms with Crippen molar-refractivity contribution in [2.75, 3.05) is 33.2 Å². The lowest BCUT2D eigenvalue weighted by atomic mass is 9.83. The Kier molecular flexibility index (Phi) is 7.25. The number of piperidine rings is 2. The monoisotopic (exact) mass is 423 g/mol. The second kappa shape index (κ2) is 10.5. The first-order chi connectivity index (χ1) is 15.2. The number of nitrogens with zero attached hydrogens (tertiary/aromatic N) is 3. The number of amides is 1. The number of nitrogens with one attached hydrogen (secondary N) is 2. The summed E-state index contributed by atoms with van der Waals surface area (Å²) in [6.07, 6.45) is 5.23. The molecule has 31 heavy (non-hydrogen) atoms. The van der Waals surface area contributed by atoms with E-state index in [1.54, 1.807) is 13.3 Å². The van der Waals surface area contributed by atoms with Gasteiger partial charge in [-0.25, -0.2) is 0 Å². The highest BCUT2D eigenvalue weighted by molar-refractivity contribution is 5.86. The molecule has 2 aliphatic rings. The fraction of sp³-hybridized carbons (Fsp3) is 0.500. The van der Waals surface area contributed by atoms with Crippen molar-refractivity contribution in [3.05, 3.63) is 60.1 Å². The molecule has 0 spiro atoms. The Morgan fingerprint density at radius 2 is 2.00 bits per heavy atom. The number of hydrogen-bond acceptors (Lipinski definition) is 4. The number of benzene rings is 1. The lowest BCUT2D eigenvalue weighted by molar-refractivity contribution is -0.120. The van der Waals surface area contributed by atoms with Gasteiger partial charge in [-0.05, 0) is 49.4 Å². The number of carbonyl (C=O) groups excluding carboxylic acids is 1. The van der Waals surface area contributed by atoms with Gasteiger partial charge >= 0.3 is 0 Å². The van der Waals surface area contributed by atoms with Crippen molar-refractivity contribution >= 4 is 11.9 Å². The van der Waals surface area contributed by atoms with Crippen molar-refractivity contribution in [3.8, 4) is 0 Å². The molecule has 1 aromatic heterocycles. The van der Waals surface area contributed by atoms with Gasteiger partial charge in [0.25, 0.3) is 0 Å². The van der Waals surface area contributed by atoms with E-state index in [-0.39, 0.29) is 12.5 Å². The maximum Gasteiger partial charge on any atom is 0.239 e. The van der Waals surface area contributed by atoms with E-state index >= 15 is 0 Å². The Hall–Kier alpha value is -2.80. The first kappa shape index (κ1) is 21.4. The number of guanidine groups is 1. The molecule has 0 bridgehead atoms. The van der Waals surface area contributed by atoms with Crippen molar-refractivity contribution < 1.29 is 9.21 Å². The SMILES string of the molecule is CN=C(NCC(=O)NCc1ccco1)N1CCC2C(CCCN2Cc2ccccc2)C1. The quantitative estimate of drug-likeness (QED) is 0.552. The van der Waals surface area contributed by atoms with E-state index < -0.39 is 0 Å². The van der Waals surface area contributed by atoms with Gasteiger partial charge in [-0.15, -0.1) is 0 Å². The van der Waals surface area contributed by atoms with Crippen LogP contribution in [0.4, 0.5) is 0 Å². The molecule has 2 atom stereocenters. The summed E-state index contributed by atoms with van der Waals surface area (Å²) in [5.41, 5.74) is 1.39. The van der Waals surface area contributed by atoms with E-state index in [0.717, 1.165) is 37.8 Å². The molecule has 166 valence electrons. The largest absolute Gasteiger partial charge is 0.467 e. The highest BCUT2D eigenvalue weighted by Crippen LogP contribution is 2.31. The molecule has 7 heteroatoms. The lowest BCUT2D eigenvalue weighted by Crippen LogP contribution is -2.57. The number of aliphatic imine (C=N–C) groups is 1. The number of carbonyl (C=O) groups is 1. The Balaban J connectivity index is 1.27. The molecule has 7 nitrogen and oxygen atoms in total. The zero-order valence-electron chi connectivity index (χ0n) is 18.3. The maximum absolute atomic E-state index is 12.2. The van der Waals surface area contributed by atoms with Crippen molar-refractivity contribution in [3.63, 3.8) is 0 Å². The molecule has 2 aliphatic heterocycles. The van der Waals surface area contributed by atoms with Gasteiger partial charge in [0.15, 0.2) is 5.96 Å². The van der Waals surface area contributed by atoms with Crippen LogP contribution in [0, 0.1) is 5.92 Å². The predicted octanol–water partition coefficient (Wildman–Crippen LogP) is 2.46. The third kappa shape index (κ3) is 5.67. The van der Waals surface area contributed by atoms with Crippen molar-refractivity contribution in [2.24, 2.45) is 10.9 Å². The van der Waals surface area contributed by atoms with Crippen LogP contribution in [0.15, 0.2) is 58.1 Å². The number of furan rings is 1. The number of likely N-dealkylation sites (tertiary alicyclic amines) is 2. The molecule has 0 saturated carbocycles. The first-order valence-electron chi connectivity index (χ1n) is 11.3. The summed E-state index contributed by atoms with van der Waals surface area (Å²) in [6, 6.07) is 15.1. The number of rotatable bonds is 6. The van der Waals surface area contributed by atoms with E-state index in [1.807, 2.05) is 12.1 Å². The summed E-state index contributed by atoms with van der Waals surface area (Å²) in [5.74, 6) is 2.13. The van der Waals surface area contributed by atoms with Gasteiger partial charge in [0, 0.05) is 32.7 Å². The Bertz CT molecular complexity index is 852. The van der Waals surface area contributed by atoms with Gasteiger partial charge in [-0.3, -0.25) is 14.7 Å². The summed E-state index contributed by atoms with van der Waals surface area (Å²) in [6.45, 7) is 4.77. The molecule has 2 fully saturated rings. The van der Waals surface area contributed by atoms with Crippen molar-refractivity contribution in [2.45, 2.75) is 38.4 Å². The summed E-state index contributed by atoms with van der Waals surface area (Å²) >= 11 is 0. The van der Waals surface area contributed by atoms with Gasteiger partial charge in [0.2, 0.25) is 5.91 Å². The fourth-order valence-corrected chi connectivity index (χ4v) is 4.87. The molecular weight excluding hydrogens is 390 g/mol. The van der Waals surface area contributed by atoms with Crippen LogP contribution in [0.2, 0.25) is 0 Å². The van der Waals surface area contributed by atoms with Crippen LogP contribution in [0.25, 0.3) is 0 Å². The minimum atomic E-state index is -0.0702. The topological polar surface area (TPSA) is 73.1 Å². The maximum atomic E-state index is 12.2. The Morgan fingerprint density at radius 1 is 1.13 bits per heavy atom. The molecule has 1 amide bonds. The van der Waals surface area contributed by atoms with Gasteiger partial charge in [0.1, 0.15) is 5.76 Å². The van der Waals surface area contributed by atoms with Crippen LogP contribution in [0.3, 0.4) is 0 Å². The van der Waals surface area contributed by atoms with Gasteiger partial charge < -0.3 is 20.0 Å². The lowest BCUT2D eigenvalue weighted by Gasteiger charge is -2.48. The van der Waals surface area contributed by atoms with Crippen molar-refractivity contribution in [1.29, 1.82) is 0 Å². The molecule has 0 aliphatic carbocycles. The molecule has 2 aromatic rings. The summed E-state index contributed by atoms with van der Waals surface area (Å²) in [7, 11) is 1.79. The standard InChI is InChI=1S/C24H33N5O2/c1-25-24(27-16-23(30)26-15-21-10-6-14-31-21)29-13-11-22-20(18-29)9-5-12-28(22)17-19-7-3-2-4-8-19/h2-4,6-8,10,14,20,22H,5,9,11-13,15-18H2,1H3,(H,25,27)(H,26,30). The number of hydrogen-bond donors (Lipinski definition) is 2. The molecule has 2 unspecified atom stereocenters. The van der Waals surface area contributed by atoms with Gasteiger partial charge in [-0.1, -0.05) is 30.3 Å². The normalized spacial score (nSPS) is 22.1. The second-order valence-electron chi connectivity index (χ2n) is 8.42. The van der Waals surface area contributed by atoms with E-state index in [0.29, 0.717) is 18.5 Å². The average molecular weight is 424 g/mol. The van der Waals surface area contributed by atoms with Crippen LogP contribution >= 0.6 is 0 Å². The smallest absolute Gasteiger partial charge is 0.239 e. The molecule has 3 heterocycles. The summed E-state index contributed by atoms with van der Waals surface area (Å²) in [5, 5.41) is 6.10. The number of fused-ring (bicyclic) bond motifs is 1. The zero-order chi connectivity index (χ0) is 21.5. The van der Waals surface area contributed by atoms with E-state index in [2.05, 4.69) is 55.8 Å². The minimum Gasteiger partial charge on any atom is -0.467 e. The summed E-state index contributed by atoms with van der Waals surface area (Å²) in [4.78, 5) is 21.6. The zero-order valence-corrected chi connectivity index (χ0v) is 18.3. The van der Waals surface area contributed by atoms with Crippen LogP contribution in [0.1, 0.15) is 30.6 Å². The van der Waals surface area contributed by atoms with Crippen LogP contribution < -0.4 is 10.6 Å².